The summed E-state index contributed by atoms with van der Waals surface area (Å²) in [5, 5.41) is 0.759. The van der Waals surface area contributed by atoms with Gasteiger partial charge < -0.3 is 4.90 Å². The van der Waals surface area contributed by atoms with E-state index in [0.717, 1.165) is 55.7 Å². The zero-order valence-electron chi connectivity index (χ0n) is 16.2. The van der Waals surface area contributed by atoms with Crippen molar-refractivity contribution in [2.45, 2.75) is 37.5 Å². The first-order valence-electron chi connectivity index (χ1n) is 9.93. The number of benzene rings is 1. The highest BCUT2D eigenvalue weighted by molar-refractivity contribution is 7.99. The van der Waals surface area contributed by atoms with Crippen molar-refractivity contribution in [1.29, 1.82) is 0 Å². The van der Waals surface area contributed by atoms with Crippen molar-refractivity contribution >= 4 is 17.7 Å². The molecule has 1 aromatic heterocycles. The van der Waals surface area contributed by atoms with Crippen molar-refractivity contribution in [2.24, 2.45) is 0 Å². The molecule has 0 N–H and O–H groups in total. The number of hydrogen-bond acceptors (Lipinski definition) is 5. The zero-order chi connectivity index (χ0) is 19.5. The molecule has 0 spiro atoms. The van der Waals surface area contributed by atoms with Gasteiger partial charge in [0.25, 0.3) is 5.56 Å². The SMILES string of the molecule is CCc1cc(=O)n2c(n1)SCC2CC(=O)N1CCN(Cc2ccccc2)CC1. The Labute approximate surface area is 169 Å². The van der Waals surface area contributed by atoms with Crippen LogP contribution in [0.4, 0.5) is 0 Å². The second-order valence-electron chi connectivity index (χ2n) is 7.40. The molecule has 1 unspecified atom stereocenters. The van der Waals surface area contributed by atoms with Crippen LogP contribution in [0.1, 0.15) is 30.6 Å². The van der Waals surface area contributed by atoms with Gasteiger partial charge in [-0.3, -0.25) is 19.1 Å². The predicted octanol–water partition coefficient (Wildman–Crippen LogP) is 2.19. The van der Waals surface area contributed by atoms with Crippen molar-refractivity contribution in [1.82, 2.24) is 19.4 Å². The molecule has 1 aromatic carbocycles. The van der Waals surface area contributed by atoms with E-state index in [1.54, 1.807) is 22.4 Å². The molecule has 148 valence electrons. The minimum absolute atomic E-state index is 0.0302. The van der Waals surface area contributed by atoms with Gasteiger partial charge in [-0.15, -0.1) is 0 Å². The Morgan fingerprint density at radius 1 is 1.18 bits per heavy atom. The standard InChI is InChI=1S/C21H26N4O2S/c1-2-17-12-20(27)25-18(15-28-21(25)22-17)13-19(26)24-10-8-23(9-11-24)14-16-6-4-3-5-7-16/h3-7,12,18H,2,8-11,13-15H2,1H3. The van der Waals surface area contributed by atoms with Gasteiger partial charge in [-0.1, -0.05) is 49.0 Å². The van der Waals surface area contributed by atoms with Crippen LogP contribution >= 0.6 is 11.8 Å². The number of carbonyl (C=O) groups excluding carboxylic acids is 1. The fourth-order valence-corrected chi connectivity index (χ4v) is 5.03. The smallest absolute Gasteiger partial charge is 0.254 e. The lowest BCUT2D eigenvalue weighted by Gasteiger charge is -2.35. The van der Waals surface area contributed by atoms with Crippen LogP contribution < -0.4 is 5.56 Å². The number of aromatic nitrogens is 2. The van der Waals surface area contributed by atoms with E-state index in [1.807, 2.05) is 17.9 Å². The summed E-state index contributed by atoms with van der Waals surface area (Å²) in [5.41, 5.74) is 2.10. The molecule has 7 heteroatoms. The summed E-state index contributed by atoms with van der Waals surface area (Å²) in [5.74, 6) is 0.888. The van der Waals surface area contributed by atoms with Gasteiger partial charge >= 0.3 is 0 Å². The summed E-state index contributed by atoms with van der Waals surface area (Å²) in [6.45, 7) is 6.20. The van der Waals surface area contributed by atoms with Gasteiger partial charge in [0.2, 0.25) is 5.91 Å². The number of carbonyl (C=O) groups is 1. The maximum Gasteiger partial charge on any atom is 0.254 e. The van der Waals surface area contributed by atoms with Crippen LogP contribution in [0.15, 0.2) is 46.3 Å². The van der Waals surface area contributed by atoms with Crippen LogP contribution in [0.5, 0.6) is 0 Å². The molecule has 0 aliphatic carbocycles. The number of thioether (sulfide) groups is 1. The summed E-state index contributed by atoms with van der Waals surface area (Å²) >= 11 is 1.58. The van der Waals surface area contributed by atoms with E-state index in [-0.39, 0.29) is 17.5 Å². The maximum absolute atomic E-state index is 12.8. The Morgan fingerprint density at radius 3 is 2.64 bits per heavy atom. The molecule has 1 atom stereocenters. The van der Waals surface area contributed by atoms with E-state index in [2.05, 4.69) is 34.1 Å². The van der Waals surface area contributed by atoms with Gasteiger partial charge in [-0.05, 0) is 12.0 Å². The third-order valence-electron chi connectivity index (χ3n) is 5.49. The number of amides is 1. The van der Waals surface area contributed by atoms with Gasteiger partial charge in [-0.25, -0.2) is 4.98 Å². The number of hydrogen-bond donors (Lipinski definition) is 0. The summed E-state index contributed by atoms with van der Waals surface area (Å²) in [7, 11) is 0. The first-order valence-corrected chi connectivity index (χ1v) is 10.9. The molecule has 0 radical (unpaired) electrons. The van der Waals surface area contributed by atoms with Gasteiger partial charge in [0, 0.05) is 56.7 Å². The van der Waals surface area contributed by atoms with Crippen molar-refractivity contribution in [3.63, 3.8) is 0 Å². The topological polar surface area (TPSA) is 58.4 Å². The van der Waals surface area contributed by atoms with E-state index in [0.29, 0.717) is 6.42 Å². The quantitative estimate of drug-likeness (QED) is 0.723. The van der Waals surface area contributed by atoms with E-state index < -0.39 is 0 Å². The number of piperazine rings is 1. The number of aryl methyl sites for hydroxylation is 1. The number of nitrogens with zero attached hydrogens (tertiary/aromatic N) is 4. The van der Waals surface area contributed by atoms with E-state index in [4.69, 9.17) is 0 Å². The Hall–Kier alpha value is -2.12. The molecule has 1 amide bonds. The van der Waals surface area contributed by atoms with Crippen LogP contribution in [0.25, 0.3) is 0 Å². The Balaban J connectivity index is 1.33. The van der Waals surface area contributed by atoms with Gasteiger partial charge in [-0.2, -0.15) is 0 Å². The Bertz CT molecular complexity index is 891. The molecular formula is C21H26N4O2S. The molecule has 2 aliphatic heterocycles. The summed E-state index contributed by atoms with van der Waals surface area (Å²) in [4.78, 5) is 34.2. The van der Waals surface area contributed by atoms with Crippen LogP contribution in [0, 0.1) is 0 Å². The lowest BCUT2D eigenvalue weighted by Crippen LogP contribution is -2.48. The van der Waals surface area contributed by atoms with Crippen molar-refractivity contribution < 1.29 is 4.79 Å². The molecule has 3 heterocycles. The fraction of sp³-hybridized carbons (Fsp3) is 0.476. The summed E-state index contributed by atoms with van der Waals surface area (Å²) in [6.07, 6.45) is 1.13. The van der Waals surface area contributed by atoms with Gasteiger partial charge in [0.1, 0.15) is 0 Å². The van der Waals surface area contributed by atoms with Gasteiger partial charge in [0.15, 0.2) is 5.16 Å². The molecule has 2 aromatic rings. The number of fused-ring (bicyclic) bond motifs is 1. The van der Waals surface area contributed by atoms with Crippen LogP contribution in [-0.4, -0.2) is 57.2 Å². The highest BCUT2D eigenvalue weighted by atomic mass is 32.2. The second-order valence-corrected chi connectivity index (χ2v) is 8.39. The molecule has 2 aliphatic rings. The minimum atomic E-state index is -0.0826. The third-order valence-corrected chi connectivity index (χ3v) is 6.59. The normalized spacial score (nSPS) is 19.6. The molecular weight excluding hydrogens is 372 g/mol. The Morgan fingerprint density at radius 2 is 1.93 bits per heavy atom. The fourth-order valence-electron chi connectivity index (χ4n) is 3.86. The lowest BCUT2D eigenvalue weighted by molar-refractivity contribution is -0.133. The van der Waals surface area contributed by atoms with E-state index in [1.165, 1.54) is 5.56 Å². The second kappa shape index (κ2) is 8.49. The summed E-state index contributed by atoms with van der Waals surface area (Å²) in [6, 6.07) is 12.0. The first-order chi connectivity index (χ1) is 13.6. The van der Waals surface area contributed by atoms with Crippen molar-refractivity contribution in [3.8, 4) is 0 Å². The molecule has 0 saturated carbocycles. The minimum Gasteiger partial charge on any atom is -0.340 e. The van der Waals surface area contributed by atoms with Crippen LogP contribution in [-0.2, 0) is 17.8 Å². The van der Waals surface area contributed by atoms with Crippen molar-refractivity contribution in [2.75, 3.05) is 31.9 Å². The van der Waals surface area contributed by atoms with E-state index in [9.17, 15) is 9.59 Å². The average molecular weight is 399 g/mol. The molecule has 1 saturated heterocycles. The Kier molecular flexibility index (Phi) is 5.82. The van der Waals surface area contributed by atoms with Crippen molar-refractivity contribution in [3.05, 3.63) is 58.0 Å². The molecule has 4 rings (SSSR count). The third kappa shape index (κ3) is 4.15. The van der Waals surface area contributed by atoms with Gasteiger partial charge in [0.05, 0.1) is 6.04 Å². The molecule has 28 heavy (non-hydrogen) atoms. The predicted molar refractivity (Wildman–Crippen MR) is 111 cm³/mol. The highest BCUT2D eigenvalue weighted by Gasteiger charge is 2.30. The maximum atomic E-state index is 12.8. The van der Waals surface area contributed by atoms with Crippen LogP contribution in [0.3, 0.4) is 0 Å². The molecule has 0 bridgehead atoms. The average Bonchev–Trinajstić information content (AvgIpc) is 3.12. The summed E-state index contributed by atoms with van der Waals surface area (Å²) < 4.78 is 1.72. The van der Waals surface area contributed by atoms with E-state index >= 15 is 0 Å². The molecule has 6 nitrogen and oxygen atoms in total. The monoisotopic (exact) mass is 398 g/mol. The van der Waals surface area contributed by atoms with Crippen LogP contribution in [0.2, 0.25) is 0 Å². The zero-order valence-corrected chi connectivity index (χ0v) is 17.0. The number of rotatable bonds is 5. The highest BCUT2D eigenvalue weighted by Crippen LogP contribution is 2.32. The largest absolute Gasteiger partial charge is 0.340 e. The first kappa shape index (κ1) is 19.2. The molecule has 1 fully saturated rings. The lowest BCUT2D eigenvalue weighted by atomic mass is 10.1.